The number of nitrogens with zero attached hydrogens (tertiary/aromatic N) is 1. The van der Waals surface area contributed by atoms with Crippen molar-refractivity contribution in [3.63, 3.8) is 0 Å². The van der Waals surface area contributed by atoms with E-state index in [4.69, 9.17) is 0 Å². The minimum absolute atomic E-state index is 0.267. The van der Waals surface area contributed by atoms with Crippen molar-refractivity contribution >= 4 is 41.9 Å². The molecule has 0 saturated carbocycles. The summed E-state index contributed by atoms with van der Waals surface area (Å²) >= 11 is 6.59. The number of sulfonamides is 1. The standard InChI is InChI=1S/C13H20Br2N2O2S/c1-3-17(4-2)9-5-8-16-20(18,19)13-7-6-11(14)10-12(13)15/h6-7,10,16H,3-5,8-9H2,1-2H3. The monoisotopic (exact) mass is 426 g/mol. The predicted molar refractivity (Wildman–Crippen MR) is 89.4 cm³/mol. The fourth-order valence-electron chi connectivity index (χ4n) is 1.82. The Morgan fingerprint density at radius 1 is 1.20 bits per heavy atom. The molecule has 0 radical (unpaired) electrons. The quantitative estimate of drug-likeness (QED) is 0.648. The fourth-order valence-corrected chi connectivity index (χ4v) is 4.64. The van der Waals surface area contributed by atoms with Crippen LogP contribution in [-0.4, -0.2) is 39.5 Å². The number of rotatable bonds is 8. The lowest BCUT2D eigenvalue weighted by atomic mass is 10.4. The van der Waals surface area contributed by atoms with Gasteiger partial charge in [0.15, 0.2) is 0 Å². The molecule has 0 spiro atoms. The molecule has 0 unspecified atom stereocenters. The molecule has 7 heteroatoms. The molecule has 1 N–H and O–H groups in total. The van der Waals surface area contributed by atoms with Crippen molar-refractivity contribution in [1.82, 2.24) is 9.62 Å². The lowest BCUT2D eigenvalue weighted by Gasteiger charge is -2.17. The summed E-state index contributed by atoms with van der Waals surface area (Å²) in [5.41, 5.74) is 0. The van der Waals surface area contributed by atoms with Gasteiger partial charge in [-0.1, -0.05) is 29.8 Å². The van der Waals surface area contributed by atoms with Crippen molar-refractivity contribution < 1.29 is 8.42 Å². The van der Waals surface area contributed by atoms with Crippen LogP contribution in [0, 0.1) is 0 Å². The van der Waals surface area contributed by atoms with Crippen LogP contribution in [0.25, 0.3) is 0 Å². The largest absolute Gasteiger partial charge is 0.304 e. The van der Waals surface area contributed by atoms with E-state index in [9.17, 15) is 8.42 Å². The molecule has 1 rings (SSSR count). The Labute approximate surface area is 138 Å². The molecule has 0 aliphatic rings. The van der Waals surface area contributed by atoms with Gasteiger partial charge in [0, 0.05) is 15.5 Å². The van der Waals surface area contributed by atoms with E-state index in [1.165, 1.54) is 0 Å². The summed E-state index contributed by atoms with van der Waals surface area (Å²) in [4.78, 5) is 2.53. The molecular formula is C13H20Br2N2O2S. The summed E-state index contributed by atoms with van der Waals surface area (Å²) < 4.78 is 28.4. The molecule has 0 saturated heterocycles. The van der Waals surface area contributed by atoms with Crippen molar-refractivity contribution in [2.45, 2.75) is 25.2 Å². The van der Waals surface area contributed by atoms with Gasteiger partial charge in [0.05, 0.1) is 4.90 Å². The van der Waals surface area contributed by atoms with E-state index in [1.54, 1.807) is 18.2 Å². The first-order valence-corrected chi connectivity index (χ1v) is 9.64. The van der Waals surface area contributed by atoms with E-state index >= 15 is 0 Å². The van der Waals surface area contributed by atoms with Crippen molar-refractivity contribution in [3.8, 4) is 0 Å². The molecule has 20 heavy (non-hydrogen) atoms. The lowest BCUT2D eigenvalue weighted by molar-refractivity contribution is 0.300. The van der Waals surface area contributed by atoms with Gasteiger partial charge in [0.1, 0.15) is 0 Å². The minimum Gasteiger partial charge on any atom is -0.304 e. The summed E-state index contributed by atoms with van der Waals surface area (Å²) in [7, 11) is -3.46. The molecule has 4 nitrogen and oxygen atoms in total. The van der Waals surface area contributed by atoms with Gasteiger partial charge < -0.3 is 4.90 Å². The zero-order valence-electron chi connectivity index (χ0n) is 11.7. The fraction of sp³-hybridized carbons (Fsp3) is 0.538. The Balaban J connectivity index is 2.58. The highest BCUT2D eigenvalue weighted by Crippen LogP contribution is 2.25. The van der Waals surface area contributed by atoms with Gasteiger partial charge in [-0.3, -0.25) is 0 Å². The maximum absolute atomic E-state index is 12.2. The molecule has 0 heterocycles. The summed E-state index contributed by atoms with van der Waals surface area (Å²) in [5.74, 6) is 0. The topological polar surface area (TPSA) is 49.4 Å². The Kier molecular flexibility index (Phi) is 7.68. The molecule has 0 aromatic heterocycles. The third-order valence-electron chi connectivity index (χ3n) is 3.02. The summed E-state index contributed by atoms with van der Waals surface area (Å²) in [5, 5.41) is 0. The maximum Gasteiger partial charge on any atom is 0.241 e. The first-order valence-electron chi connectivity index (χ1n) is 6.57. The minimum atomic E-state index is -3.46. The van der Waals surface area contributed by atoms with Gasteiger partial charge in [-0.15, -0.1) is 0 Å². The predicted octanol–water partition coefficient (Wildman–Crippen LogP) is 3.22. The van der Waals surface area contributed by atoms with E-state index in [0.717, 1.165) is 30.5 Å². The average Bonchev–Trinajstić information content (AvgIpc) is 2.38. The van der Waals surface area contributed by atoms with Crippen LogP contribution in [0.1, 0.15) is 20.3 Å². The van der Waals surface area contributed by atoms with E-state index in [1.807, 2.05) is 0 Å². The van der Waals surface area contributed by atoms with E-state index < -0.39 is 10.0 Å². The van der Waals surface area contributed by atoms with E-state index in [0.29, 0.717) is 11.0 Å². The zero-order valence-corrected chi connectivity index (χ0v) is 15.7. The highest BCUT2D eigenvalue weighted by molar-refractivity contribution is 9.11. The molecule has 0 atom stereocenters. The maximum atomic E-state index is 12.2. The highest BCUT2D eigenvalue weighted by atomic mass is 79.9. The smallest absolute Gasteiger partial charge is 0.241 e. The third-order valence-corrected chi connectivity index (χ3v) is 5.95. The number of halogens is 2. The summed E-state index contributed by atoms with van der Waals surface area (Å²) in [6.45, 7) is 7.53. The average molecular weight is 428 g/mol. The molecule has 114 valence electrons. The second kappa shape index (κ2) is 8.48. The van der Waals surface area contributed by atoms with Gasteiger partial charge in [-0.25, -0.2) is 13.1 Å². The van der Waals surface area contributed by atoms with Crippen LogP contribution >= 0.6 is 31.9 Å². The highest BCUT2D eigenvalue weighted by Gasteiger charge is 2.17. The van der Waals surface area contributed by atoms with E-state index in [-0.39, 0.29) is 4.90 Å². The Morgan fingerprint density at radius 2 is 1.85 bits per heavy atom. The molecule has 0 amide bonds. The van der Waals surface area contributed by atoms with Crippen molar-refractivity contribution in [3.05, 3.63) is 27.1 Å². The molecule has 1 aromatic rings. The summed E-state index contributed by atoms with van der Waals surface area (Å²) in [6, 6.07) is 5.03. The van der Waals surface area contributed by atoms with Crippen molar-refractivity contribution in [2.24, 2.45) is 0 Å². The lowest BCUT2D eigenvalue weighted by Crippen LogP contribution is -2.30. The van der Waals surface area contributed by atoms with Crippen LogP contribution in [0.4, 0.5) is 0 Å². The van der Waals surface area contributed by atoms with Crippen molar-refractivity contribution in [1.29, 1.82) is 0 Å². The first kappa shape index (κ1) is 18.1. The summed E-state index contributed by atoms with van der Waals surface area (Å²) in [6.07, 6.45) is 0.801. The van der Waals surface area contributed by atoms with Gasteiger partial charge in [-0.2, -0.15) is 0 Å². The molecule has 1 aromatic carbocycles. The normalized spacial score (nSPS) is 12.1. The number of hydrogen-bond acceptors (Lipinski definition) is 3. The Hall–Kier alpha value is 0.0500. The zero-order chi connectivity index (χ0) is 15.2. The van der Waals surface area contributed by atoms with Gasteiger partial charge in [-0.05, 0) is 60.2 Å². The van der Waals surface area contributed by atoms with Crippen LogP contribution in [0.15, 0.2) is 32.0 Å². The van der Waals surface area contributed by atoms with Crippen molar-refractivity contribution in [2.75, 3.05) is 26.2 Å². The molecule has 0 fully saturated rings. The van der Waals surface area contributed by atoms with Gasteiger partial charge in [0.2, 0.25) is 10.0 Å². The SMILES string of the molecule is CCN(CC)CCCNS(=O)(=O)c1ccc(Br)cc1Br. The second-order valence-electron chi connectivity index (χ2n) is 4.35. The van der Waals surface area contributed by atoms with Crippen LogP contribution in [0.5, 0.6) is 0 Å². The first-order chi connectivity index (χ1) is 9.40. The number of benzene rings is 1. The third kappa shape index (κ3) is 5.44. The molecule has 0 bridgehead atoms. The van der Waals surface area contributed by atoms with Gasteiger partial charge >= 0.3 is 0 Å². The van der Waals surface area contributed by atoms with Crippen LogP contribution in [0.3, 0.4) is 0 Å². The molecular weight excluding hydrogens is 408 g/mol. The Morgan fingerprint density at radius 3 is 2.40 bits per heavy atom. The number of hydrogen-bond donors (Lipinski definition) is 1. The second-order valence-corrected chi connectivity index (χ2v) is 7.86. The molecule has 0 aliphatic carbocycles. The van der Waals surface area contributed by atoms with Gasteiger partial charge in [0.25, 0.3) is 0 Å². The van der Waals surface area contributed by atoms with E-state index in [2.05, 4.69) is 55.3 Å². The van der Waals surface area contributed by atoms with Crippen LogP contribution in [0.2, 0.25) is 0 Å². The number of nitrogens with one attached hydrogen (secondary N) is 1. The molecule has 0 aliphatic heterocycles. The Bertz CT molecular complexity index is 531. The van der Waals surface area contributed by atoms with Crippen LogP contribution < -0.4 is 4.72 Å². The van der Waals surface area contributed by atoms with Crippen LogP contribution in [-0.2, 0) is 10.0 Å².